The van der Waals surface area contributed by atoms with Crippen LogP contribution in [-0.2, 0) is 14.8 Å². The molecule has 140 valence electrons. The Kier molecular flexibility index (Phi) is 4.42. The number of nitrogens with one attached hydrogen (secondary N) is 1. The number of sulfonamides is 1. The fourth-order valence-electron chi connectivity index (χ4n) is 3.11. The second-order valence-electron chi connectivity index (χ2n) is 6.42. The number of aliphatic carboxylic acids is 1. The lowest BCUT2D eigenvalue weighted by Gasteiger charge is -2.14. The fraction of sp³-hybridized carbons (Fsp3) is 0.222. The Morgan fingerprint density at radius 3 is 2.63 bits per heavy atom. The van der Waals surface area contributed by atoms with E-state index in [0.29, 0.717) is 0 Å². The first-order valence-electron chi connectivity index (χ1n) is 8.16. The molecule has 2 N–H and O–H groups in total. The number of aromatic nitrogens is 1. The third-order valence-corrected chi connectivity index (χ3v) is 8.46. The highest BCUT2D eigenvalue weighted by Crippen LogP contribution is 2.52. The van der Waals surface area contributed by atoms with Crippen molar-refractivity contribution in [3.8, 4) is 10.6 Å². The minimum Gasteiger partial charge on any atom is -0.480 e. The molecule has 27 heavy (non-hydrogen) atoms. The summed E-state index contributed by atoms with van der Waals surface area (Å²) < 4.78 is 28.2. The minimum atomic E-state index is -3.96. The minimum absolute atomic E-state index is 0.0856. The first kappa shape index (κ1) is 18.3. The lowest BCUT2D eigenvalue weighted by molar-refractivity contribution is -0.140. The molecule has 2 aromatic heterocycles. The summed E-state index contributed by atoms with van der Waals surface area (Å²) in [6.07, 6.45) is 0.231. The van der Waals surface area contributed by atoms with Crippen molar-refractivity contribution >= 4 is 38.7 Å². The van der Waals surface area contributed by atoms with Gasteiger partial charge in [0.15, 0.2) is 0 Å². The smallest absolute Gasteiger partial charge is 0.325 e. The normalized spacial score (nSPS) is 21.9. The van der Waals surface area contributed by atoms with Crippen molar-refractivity contribution < 1.29 is 18.3 Å². The molecule has 1 aliphatic carbocycles. The van der Waals surface area contributed by atoms with E-state index >= 15 is 0 Å². The van der Waals surface area contributed by atoms with Crippen LogP contribution in [0.4, 0.5) is 0 Å². The molecule has 0 saturated heterocycles. The predicted octanol–water partition coefficient (Wildman–Crippen LogP) is 3.47. The zero-order valence-electron chi connectivity index (χ0n) is 14.2. The zero-order chi connectivity index (χ0) is 19.2. The van der Waals surface area contributed by atoms with Gasteiger partial charge in [-0.15, -0.1) is 22.7 Å². The number of benzene rings is 1. The maximum atomic E-state index is 12.8. The van der Waals surface area contributed by atoms with Crippen LogP contribution < -0.4 is 4.72 Å². The summed E-state index contributed by atoms with van der Waals surface area (Å²) in [6.45, 7) is 1.88. The van der Waals surface area contributed by atoms with Crippen molar-refractivity contribution in [1.29, 1.82) is 0 Å². The number of carboxylic acid groups (broad SMARTS) is 1. The van der Waals surface area contributed by atoms with Gasteiger partial charge in [-0.3, -0.25) is 4.79 Å². The van der Waals surface area contributed by atoms with Crippen LogP contribution in [0.1, 0.15) is 22.9 Å². The third kappa shape index (κ3) is 3.31. The molecule has 0 bridgehead atoms. The quantitative estimate of drug-likeness (QED) is 0.637. The summed E-state index contributed by atoms with van der Waals surface area (Å²) in [6, 6.07) is 12.3. The second-order valence-corrected chi connectivity index (χ2v) is 10.5. The molecule has 0 aliphatic heterocycles. The number of hydrogen-bond acceptors (Lipinski definition) is 6. The molecule has 1 saturated carbocycles. The molecular formula is C18H16N2O4S3. The van der Waals surface area contributed by atoms with Crippen LogP contribution in [0.15, 0.2) is 52.1 Å². The van der Waals surface area contributed by atoms with E-state index in [4.69, 9.17) is 0 Å². The molecule has 1 aromatic carbocycles. The van der Waals surface area contributed by atoms with E-state index in [-0.39, 0.29) is 16.5 Å². The van der Waals surface area contributed by atoms with Crippen LogP contribution in [-0.4, -0.2) is 30.0 Å². The molecule has 0 radical (unpaired) electrons. The second kappa shape index (κ2) is 6.52. The molecule has 2 heterocycles. The molecule has 2 atom stereocenters. The first-order valence-corrected chi connectivity index (χ1v) is 11.3. The van der Waals surface area contributed by atoms with Gasteiger partial charge in [-0.25, -0.2) is 13.4 Å². The van der Waals surface area contributed by atoms with Gasteiger partial charge in [-0.1, -0.05) is 30.3 Å². The predicted molar refractivity (Wildman–Crippen MR) is 105 cm³/mol. The van der Waals surface area contributed by atoms with Crippen molar-refractivity contribution in [2.45, 2.75) is 29.0 Å². The summed E-state index contributed by atoms with van der Waals surface area (Å²) in [4.78, 5) is 17.0. The number of thiazole rings is 1. The number of carboxylic acids is 1. The summed E-state index contributed by atoms with van der Waals surface area (Å²) in [5.74, 6) is -1.54. The number of rotatable bonds is 6. The van der Waals surface area contributed by atoms with E-state index in [1.807, 2.05) is 42.6 Å². The lowest BCUT2D eigenvalue weighted by atomic mass is 10.1. The summed E-state index contributed by atoms with van der Waals surface area (Å²) in [5.41, 5.74) is 0.0413. The number of thiophene rings is 1. The van der Waals surface area contributed by atoms with Crippen molar-refractivity contribution in [3.63, 3.8) is 0 Å². The number of nitrogens with zero attached hydrogens (tertiary/aromatic N) is 1. The molecule has 1 fully saturated rings. The van der Waals surface area contributed by atoms with E-state index in [2.05, 4.69) is 9.71 Å². The molecule has 3 aromatic rings. The molecule has 6 nitrogen and oxygen atoms in total. The van der Waals surface area contributed by atoms with Crippen LogP contribution in [0.25, 0.3) is 10.6 Å². The van der Waals surface area contributed by atoms with Gasteiger partial charge in [-0.2, -0.15) is 4.72 Å². The number of aryl methyl sites for hydroxylation is 1. The highest BCUT2D eigenvalue weighted by molar-refractivity contribution is 7.91. The Morgan fingerprint density at radius 1 is 1.26 bits per heavy atom. The van der Waals surface area contributed by atoms with E-state index in [0.717, 1.165) is 32.5 Å². The Bertz CT molecular complexity index is 1100. The Labute approximate surface area is 164 Å². The SMILES string of the molecule is Cc1nc(-c2ccc(S(=O)(=O)N[C@@]3(C(=O)O)C[C@H]3c3ccccc3)s2)cs1. The number of carbonyl (C=O) groups is 1. The molecule has 0 unspecified atom stereocenters. The van der Waals surface area contributed by atoms with Crippen molar-refractivity contribution in [3.05, 3.63) is 58.4 Å². The maximum absolute atomic E-state index is 12.8. The van der Waals surface area contributed by atoms with E-state index in [1.54, 1.807) is 6.07 Å². The molecule has 1 aliphatic rings. The Hall–Kier alpha value is -2.07. The van der Waals surface area contributed by atoms with E-state index in [9.17, 15) is 18.3 Å². The fourth-order valence-corrected chi connectivity index (χ4v) is 6.47. The van der Waals surface area contributed by atoms with Crippen LogP contribution in [0.5, 0.6) is 0 Å². The van der Waals surface area contributed by atoms with E-state index in [1.165, 1.54) is 17.4 Å². The topological polar surface area (TPSA) is 96.4 Å². The monoisotopic (exact) mass is 420 g/mol. The maximum Gasteiger partial charge on any atom is 0.325 e. The molecule has 9 heteroatoms. The van der Waals surface area contributed by atoms with Gasteiger partial charge in [-0.05, 0) is 31.0 Å². The largest absolute Gasteiger partial charge is 0.480 e. The summed E-state index contributed by atoms with van der Waals surface area (Å²) >= 11 is 2.57. The van der Waals surface area contributed by atoms with Gasteiger partial charge < -0.3 is 5.11 Å². The average Bonchev–Trinajstić information content (AvgIpc) is 2.98. The lowest BCUT2D eigenvalue weighted by Crippen LogP contribution is -2.44. The van der Waals surface area contributed by atoms with Gasteiger partial charge >= 0.3 is 5.97 Å². The molecule has 4 rings (SSSR count). The van der Waals surface area contributed by atoms with Gasteiger partial charge in [0.2, 0.25) is 0 Å². The van der Waals surface area contributed by atoms with Gasteiger partial charge in [0, 0.05) is 11.3 Å². The van der Waals surface area contributed by atoms with Gasteiger partial charge in [0.1, 0.15) is 9.75 Å². The molecule has 0 spiro atoms. The van der Waals surface area contributed by atoms with Crippen LogP contribution >= 0.6 is 22.7 Å². The Morgan fingerprint density at radius 2 is 2.00 bits per heavy atom. The van der Waals surface area contributed by atoms with Crippen LogP contribution in [0, 0.1) is 6.92 Å². The van der Waals surface area contributed by atoms with Crippen molar-refractivity contribution in [2.75, 3.05) is 0 Å². The standard InChI is InChI=1S/C18H16N2O4S3/c1-11-19-14(10-25-11)15-7-8-16(26-15)27(23,24)20-18(17(21)22)9-13(18)12-5-3-2-4-6-12/h2-8,10,13,20H,9H2,1H3,(H,21,22)/t13-,18-/m0/s1. The zero-order valence-corrected chi connectivity index (χ0v) is 16.7. The molecular weight excluding hydrogens is 404 g/mol. The van der Waals surface area contributed by atoms with Gasteiger partial charge in [0.05, 0.1) is 15.6 Å². The molecule has 0 amide bonds. The highest BCUT2D eigenvalue weighted by Gasteiger charge is 2.63. The average molecular weight is 421 g/mol. The van der Waals surface area contributed by atoms with Crippen LogP contribution in [0.2, 0.25) is 0 Å². The summed E-state index contributed by atoms with van der Waals surface area (Å²) in [7, 11) is -3.96. The van der Waals surface area contributed by atoms with Crippen LogP contribution in [0.3, 0.4) is 0 Å². The van der Waals surface area contributed by atoms with Crippen molar-refractivity contribution in [2.24, 2.45) is 0 Å². The Balaban J connectivity index is 1.61. The first-order chi connectivity index (χ1) is 12.8. The third-order valence-electron chi connectivity index (χ3n) is 4.58. The highest BCUT2D eigenvalue weighted by atomic mass is 32.2. The number of hydrogen-bond donors (Lipinski definition) is 2. The van der Waals surface area contributed by atoms with Crippen molar-refractivity contribution in [1.82, 2.24) is 9.71 Å². The van der Waals surface area contributed by atoms with Gasteiger partial charge in [0.25, 0.3) is 10.0 Å². The summed E-state index contributed by atoms with van der Waals surface area (Å²) in [5, 5.41) is 12.5. The van der Waals surface area contributed by atoms with E-state index < -0.39 is 21.5 Å².